The molecule has 0 aromatic carbocycles. The van der Waals surface area contributed by atoms with Gasteiger partial charge in [0.1, 0.15) is 6.10 Å². The first kappa shape index (κ1) is 21.7. The van der Waals surface area contributed by atoms with Crippen LogP contribution in [0.2, 0.25) is 0 Å². The van der Waals surface area contributed by atoms with E-state index >= 15 is 0 Å². The highest BCUT2D eigenvalue weighted by atomic mass is 16.7. The van der Waals surface area contributed by atoms with Crippen LogP contribution >= 0.6 is 0 Å². The Morgan fingerprint density at radius 2 is 1.77 bits per heavy atom. The SMILES string of the molecule is COC(=O)[C@@H]1CC[C@H]2[C@@]1(C)CC[C@@H]1[C@]23CC[C@@]2(O)C[C@@H](OC(C)=O)CC[C@@]12[C@@H](OC)O3. The molecular formula is C24H36O7. The van der Waals surface area contributed by atoms with Crippen molar-refractivity contribution in [1.82, 2.24) is 0 Å². The first-order valence-corrected chi connectivity index (χ1v) is 11.8. The maximum Gasteiger partial charge on any atom is 0.309 e. The molecule has 0 amide bonds. The summed E-state index contributed by atoms with van der Waals surface area (Å²) < 4.78 is 23.5. The van der Waals surface area contributed by atoms with E-state index in [2.05, 4.69) is 6.92 Å². The molecule has 4 aliphatic carbocycles. The third-order valence-electron chi connectivity index (χ3n) is 10.1. The fourth-order valence-electron chi connectivity index (χ4n) is 9.06. The topological polar surface area (TPSA) is 91.3 Å². The van der Waals surface area contributed by atoms with Crippen molar-refractivity contribution < 1.29 is 33.6 Å². The van der Waals surface area contributed by atoms with Crippen molar-refractivity contribution in [3.05, 3.63) is 0 Å². The molecule has 0 unspecified atom stereocenters. The molecule has 1 N–H and O–H groups in total. The van der Waals surface area contributed by atoms with Crippen LogP contribution in [0.5, 0.6) is 0 Å². The molecule has 5 rings (SSSR count). The van der Waals surface area contributed by atoms with Crippen molar-refractivity contribution in [2.75, 3.05) is 14.2 Å². The zero-order chi connectivity index (χ0) is 22.2. The van der Waals surface area contributed by atoms with E-state index in [0.29, 0.717) is 19.3 Å². The second-order valence-corrected chi connectivity index (χ2v) is 11.0. The molecule has 0 aromatic heterocycles. The van der Waals surface area contributed by atoms with Gasteiger partial charge in [0.15, 0.2) is 6.29 Å². The quantitative estimate of drug-likeness (QED) is 0.680. The molecule has 9 atom stereocenters. The van der Waals surface area contributed by atoms with Gasteiger partial charge in [-0.3, -0.25) is 9.59 Å². The average molecular weight is 437 g/mol. The minimum Gasteiger partial charge on any atom is -0.469 e. The Hall–Kier alpha value is -1.18. The highest BCUT2D eigenvalue weighted by molar-refractivity contribution is 5.74. The summed E-state index contributed by atoms with van der Waals surface area (Å²) in [5.41, 5.74) is -2.01. The summed E-state index contributed by atoms with van der Waals surface area (Å²) in [5, 5.41) is 12.0. The number of hydrogen-bond acceptors (Lipinski definition) is 7. The van der Waals surface area contributed by atoms with Crippen LogP contribution in [0, 0.1) is 28.6 Å². The van der Waals surface area contributed by atoms with Crippen LogP contribution in [0.25, 0.3) is 0 Å². The molecule has 4 saturated carbocycles. The van der Waals surface area contributed by atoms with Crippen molar-refractivity contribution in [1.29, 1.82) is 0 Å². The monoisotopic (exact) mass is 436 g/mol. The first-order chi connectivity index (χ1) is 14.7. The predicted molar refractivity (Wildman–Crippen MR) is 110 cm³/mol. The average Bonchev–Trinajstić information content (AvgIpc) is 3.19. The van der Waals surface area contributed by atoms with Crippen LogP contribution in [0.3, 0.4) is 0 Å². The van der Waals surface area contributed by atoms with Crippen molar-refractivity contribution >= 4 is 11.9 Å². The molecule has 1 aliphatic heterocycles. The van der Waals surface area contributed by atoms with Crippen LogP contribution in [-0.4, -0.2) is 54.9 Å². The van der Waals surface area contributed by atoms with Crippen LogP contribution < -0.4 is 0 Å². The van der Waals surface area contributed by atoms with E-state index < -0.39 is 17.3 Å². The first-order valence-electron chi connectivity index (χ1n) is 11.8. The predicted octanol–water partition coefficient (Wildman–Crippen LogP) is 2.97. The van der Waals surface area contributed by atoms with E-state index in [0.717, 1.165) is 38.5 Å². The van der Waals surface area contributed by atoms with E-state index in [4.69, 9.17) is 18.9 Å². The number of rotatable bonds is 3. The van der Waals surface area contributed by atoms with Gasteiger partial charge in [-0.25, -0.2) is 0 Å². The second kappa shape index (κ2) is 6.91. The summed E-state index contributed by atoms with van der Waals surface area (Å²) in [4.78, 5) is 24.2. The third kappa shape index (κ3) is 2.57. The lowest BCUT2D eigenvalue weighted by Crippen LogP contribution is -2.67. The molecule has 1 saturated heterocycles. The van der Waals surface area contributed by atoms with Gasteiger partial charge < -0.3 is 24.1 Å². The lowest BCUT2D eigenvalue weighted by molar-refractivity contribution is -0.241. The van der Waals surface area contributed by atoms with Gasteiger partial charge in [-0.2, -0.15) is 0 Å². The van der Waals surface area contributed by atoms with E-state index in [-0.39, 0.29) is 46.8 Å². The fourth-order valence-corrected chi connectivity index (χ4v) is 9.06. The summed E-state index contributed by atoms with van der Waals surface area (Å²) in [6.45, 7) is 3.67. The molecule has 5 aliphatic rings. The molecular weight excluding hydrogens is 400 g/mol. The summed E-state index contributed by atoms with van der Waals surface area (Å²) >= 11 is 0. The molecule has 5 fully saturated rings. The van der Waals surface area contributed by atoms with Crippen LogP contribution in [0.4, 0.5) is 0 Å². The van der Waals surface area contributed by atoms with Gasteiger partial charge >= 0.3 is 11.9 Å². The van der Waals surface area contributed by atoms with Gasteiger partial charge in [0, 0.05) is 26.4 Å². The molecule has 2 bridgehead atoms. The highest BCUT2D eigenvalue weighted by Crippen LogP contribution is 2.75. The number of aliphatic hydroxyl groups is 1. The van der Waals surface area contributed by atoms with Gasteiger partial charge in [-0.1, -0.05) is 6.92 Å². The maximum atomic E-state index is 12.6. The van der Waals surface area contributed by atoms with E-state index in [1.807, 2.05) is 0 Å². The Morgan fingerprint density at radius 3 is 2.45 bits per heavy atom. The lowest BCUT2D eigenvalue weighted by Gasteiger charge is -2.63. The minimum absolute atomic E-state index is 0.0977. The van der Waals surface area contributed by atoms with E-state index in [1.165, 1.54) is 14.0 Å². The van der Waals surface area contributed by atoms with Crippen molar-refractivity contribution in [2.45, 2.75) is 95.2 Å². The van der Waals surface area contributed by atoms with Gasteiger partial charge in [0.2, 0.25) is 0 Å². The molecule has 7 heteroatoms. The fraction of sp³-hybridized carbons (Fsp3) is 0.917. The Labute approximate surface area is 184 Å². The molecule has 7 nitrogen and oxygen atoms in total. The zero-order valence-electron chi connectivity index (χ0n) is 19.1. The van der Waals surface area contributed by atoms with Gasteiger partial charge in [-0.15, -0.1) is 0 Å². The Bertz CT molecular complexity index is 784. The normalized spacial score (nSPS) is 52.6. The van der Waals surface area contributed by atoms with Gasteiger partial charge in [0.25, 0.3) is 0 Å². The Morgan fingerprint density at radius 1 is 1.00 bits per heavy atom. The summed E-state index contributed by atoms with van der Waals surface area (Å²) in [6.07, 6.45) is 6.08. The van der Waals surface area contributed by atoms with Crippen molar-refractivity contribution in [2.24, 2.45) is 28.6 Å². The molecule has 0 aromatic rings. The largest absolute Gasteiger partial charge is 0.469 e. The van der Waals surface area contributed by atoms with Crippen molar-refractivity contribution in [3.63, 3.8) is 0 Å². The van der Waals surface area contributed by atoms with Crippen LogP contribution in [0.15, 0.2) is 0 Å². The summed E-state index contributed by atoms with van der Waals surface area (Å²) in [7, 11) is 3.15. The van der Waals surface area contributed by atoms with Crippen molar-refractivity contribution in [3.8, 4) is 0 Å². The molecule has 1 heterocycles. The Kier molecular flexibility index (Phi) is 4.83. The molecule has 0 radical (unpaired) electrons. The Balaban J connectivity index is 1.53. The number of hydrogen-bond donors (Lipinski definition) is 1. The highest BCUT2D eigenvalue weighted by Gasteiger charge is 2.79. The van der Waals surface area contributed by atoms with Crippen LogP contribution in [-0.2, 0) is 28.5 Å². The van der Waals surface area contributed by atoms with Gasteiger partial charge in [0.05, 0.1) is 29.6 Å². The third-order valence-corrected chi connectivity index (χ3v) is 10.1. The van der Waals surface area contributed by atoms with Crippen LogP contribution in [0.1, 0.15) is 71.6 Å². The maximum absolute atomic E-state index is 12.6. The van der Waals surface area contributed by atoms with E-state index in [9.17, 15) is 14.7 Å². The lowest BCUT2D eigenvalue weighted by atomic mass is 9.42. The number of carbonyl (C=O) groups excluding carboxylic acids is 2. The summed E-state index contributed by atoms with van der Waals surface area (Å²) in [6, 6.07) is 0. The number of esters is 2. The minimum atomic E-state index is -0.981. The molecule has 31 heavy (non-hydrogen) atoms. The smallest absolute Gasteiger partial charge is 0.309 e. The standard InChI is InChI=1S/C24H36O7/c1-14(25)30-15-7-10-23-18-8-9-21(2)16(19(26)28-3)5-6-17(21)24(18,31-20(23)29-4)12-11-22(23,27)13-15/h15-18,20,27H,5-13H2,1-4H3/t15-,16-,17-,18-,20-,21-,22+,23-,24-/m0/s1. The van der Waals surface area contributed by atoms with Gasteiger partial charge in [-0.05, 0) is 62.7 Å². The number of ether oxygens (including phenoxy) is 4. The molecule has 174 valence electrons. The number of methoxy groups -OCH3 is 2. The number of fused-ring (bicyclic) bond motifs is 1. The second-order valence-electron chi connectivity index (χ2n) is 11.0. The van der Waals surface area contributed by atoms with E-state index in [1.54, 1.807) is 7.11 Å². The molecule has 1 spiro atoms. The summed E-state index contributed by atoms with van der Waals surface area (Å²) in [5.74, 6) is -0.0782. The zero-order valence-corrected chi connectivity index (χ0v) is 19.1. The number of carbonyl (C=O) groups is 2.